The molecular formula is C26H30ClN5O2. The summed E-state index contributed by atoms with van der Waals surface area (Å²) >= 11 is 6.05. The number of rotatable bonds is 7. The first-order valence-corrected chi connectivity index (χ1v) is 11.9. The lowest BCUT2D eigenvalue weighted by Crippen LogP contribution is -2.47. The molecule has 0 aliphatic heterocycles. The number of urea groups is 1. The predicted molar refractivity (Wildman–Crippen MR) is 136 cm³/mol. The number of halogens is 1. The fourth-order valence-electron chi connectivity index (χ4n) is 3.70. The van der Waals surface area contributed by atoms with Gasteiger partial charge in [-0.3, -0.25) is 14.7 Å². The van der Waals surface area contributed by atoms with Crippen LogP contribution < -0.4 is 10.6 Å². The van der Waals surface area contributed by atoms with Gasteiger partial charge in [0.05, 0.1) is 5.69 Å². The van der Waals surface area contributed by atoms with E-state index < -0.39 is 0 Å². The minimum atomic E-state index is -0.288. The lowest BCUT2D eigenvalue weighted by molar-refractivity contribution is -0.117. The first-order valence-electron chi connectivity index (χ1n) is 11.5. The number of nitrogens with one attached hydrogen (secondary N) is 2. The van der Waals surface area contributed by atoms with Gasteiger partial charge in [-0.05, 0) is 75.9 Å². The fourth-order valence-corrected chi connectivity index (χ4v) is 3.83. The van der Waals surface area contributed by atoms with Gasteiger partial charge in [0.1, 0.15) is 6.54 Å². The average molecular weight is 480 g/mol. The van der Waals surface area contributed by atoms with E-state index in [0.29, 0.717) is 16.7 Å². The number of benzene rings is 2. The van der Waals surface area contributed by atoms with E-state index in [0.717, 1.165) is 29.7 Å². The number of carbonyl (C=O) groups is 2. The van der Waals surface area contributed by atoms with Crippen molar-refractivity contribution in [3.05, 3.63) is 64.8 Å². The van der Waals surface area contributed by atoms with E-state index in [1.165, 1.54) is 5.56 Å². The highest BCUT2D eigenvalue weighted by molar-refractivity contribution is 6.30. The molecule has 2 N–H and O–H groups in total. The van der Waals surface area contributed by atoms with Crippen molar-refractivity contribution in [2.24, 2.45) is 0 Å². The number of aryl methyl sites for hydroxylation is 2. The van der Waals surface area contributed by atoms with E-state index in [1.54, 1.807) is 4.90 Å². The molecule has 1 aliphatic rings. The van der Waals surface area contributed by atoms with Crippen molar-refractivity contribution in [1.29, 1.82) is 0 Å². The summed E-state index contributed by atoms with van der Waals surface area (Å²) in [7, 11) is 0. The average Bonchev–Trinajstić information content (AvgIpc) is 3.54. The Hall–Kier alpha value is -3.32. The summed E-state index contributed by atoms with van der Waals surface area (Å²) < 4.78 is 1.87. The second-order valence-electron chi connectivity index (χ2n) is 9.11. The summed E-state index contributed by atoms with van der Waals surface area (Å²) in [5.74, 6) is 0.113. The van der Waals surface area contributed by atoms with Crippen molar-refractivity contribution in [2.45, 2.75) is 52.6 Å². The molecule has 34 heavy (non-hydrogen) atoms. The molecule has 1 fully saturated rings. The Kier molecular flexibility index (Phi) is 6.93. The van der Waals surface area contributed by atoms with Gasteiger partial charge >= 0.3 is 6.03 Å². The summed E-state index contributed by atoms with van der Waals surface area (Å²) in [5, 5.41) is 6.46. The molecule has 1 heterocycles. The van der Waals surface area contributed by atoms with Gasteiger partial charge in [-0.1, -0.05) is 29.8 Å². The lowest BCUT2D eigenvalue weighted by atomic mass is 10.1. The van der Waals surface area contributed by atoms with Gasteiger partial charge in [-0.25, -0.2) is 9.78 Å². The molecule has 178 valence electrons. The monoisotopic (exact) mass is 479 g/mol. The molecule has 2 aromatic carbocycles. The van der Waals surface area contributed by atoms with E-state index in [1.807, 2.05) is 61.0 Å². The molecule has 8 heteroatoms. The van der Waals surface area contributed by atoms with E-state index in [4.69, 9.17) is 16.6 Å². The van der Waals surface area contributed by atoms with Crippen molar-refractivity contribution in [3.8, 4) is 16.9 Å². The number of hydrogen-bond donors (Lipinski definition) is 2. The highest BCUT2D eigenvalue weighted by atomic mass is 35.5. The topological polar surface area (TPSA) is 79.3 Å². The molecule has 0 saturated heterocycles. The molecule has 0 radical (unpaired) electrons. The van der Waals surface area contributed by atoms with Crippen LogP contribution in [0.4, 0.5) is 10.7 Å². The molecule has 0 spiro atoms. The second-order valence-corrected chi connectivity index (χ2v) is 9.54. The third-order valence-corrected chi connectivity index (χ3v) is 6.09. The van der Waals surface area contributed by atoms with Crippen molar-refractivity contribution in [1.82, 2.24) is 19.8 Å². The van der Waals surface area contributed by atoms with Crippen LogP contribution in [0.1, 0.15) is 37.8 Å². The maximum atomic E-state index is 13.0. The minimum Gasteiger partial charge on any atom is -0.336 e. The largest absolute Gasteiger partial charge is 0.336 e. The Balaban J connectivity index is 1.62. The van der Waals surface area contributed by atoms with Crippen LogP contribution in [0.3, 0.4) is 0 Å². The van der Waals surface area contributed by atoms with Crippen molar-refractivity contribution >= 4 is 29.5 Å². The zero-order chi connectivity index (χ0) is 24.4. The zero-order valence-corrected chi connectivity index (χ0v) is 20.7. The van der Waals surface area contributed by atoms with Crippen LogP contribution in [0.2, 0.25) is 5.02 Å². The highest BCUT2D eigenvalue weighted by Crippen LogP contribution is 2.28. The predicted octanol–water partition coefficient (Wildman–Crippen LogP) is 5.33. The summed E-state index contributed by atoms with van der Waals surface area (Å²) in [6, 6.07) is 13.4. The molecule has 3 aromatic rings. The minimum absolute atomic E-state index is 0.00224. The van der Waals surface area contributed by atoms with E-state index >= 15 is 0 Å². The van der Waals surface area contributed by atoms with Crippen LogP contribution in [0.5, 0.6) is 0 Å². The Morgan fingerprint density at radius 1 is 1.12 bits per heavy atom. The molecule has 3 amide bonds. The van der Waals surface area contributed by atoms with Crippen LogP contribution in [0.25, 0.3) is 16.9 Å². The quantitative estimate of drug-likeness (QED) is 0.480. The number of imidazole rings is 1. The van der Waals surface area contributed by atoms with Crippen LogP contribution in [0, 0.1) is 13.8 Å². The van der Waals surface area contributed by atoms with Crippen LogP contribution in [0.15, 0.2) is 48.7 Å². The number of hydrogen-bond acceptors (Lipinski definition) is 3. The summed E-state index contributed by atoms with van der Waals surface area (Å²) in [5.41, 5.74) is 4.81. The highest BCUT2D eigenvalue weighted by Gasteiger charge is 2.34. The maximum absolute atomic E-state index is 13.0. The number of carbonyl (C=O) groups excluding carboxylic acids is 2. The fraction of sp³-hybridized carbons (Fsp3) is 0.346. The summed E-state index contributed by atoms with van der Waals surface area (Å²) in [6.45, 7) is 7.89. The second kappa shape index (κ2) is 9.89. The first kappa shape index (κ1) is 23.8. The first-order chi connectivity index (χ1) is 16.2. The van der Waals surface area contributed by atoms with Gasteiger partial charge < -0.3 is 10.2 Å². The molecular weight excluding hydrogens is 450 g/mol. The number of nitrogens with zero attached hydrogens (tertiary/aromatic N) is 3. The number of aromatic nitrogens is 2. The third-order valence-electron chi connectivity index (χ3n) is 5.84. The molecule has 0 unspecified atom stereocenters. The molecule has 1 aliphatic carbocycles. The Morgan fingerprint density at radius 3 is 2.44 bits per heavy atom. The Morgan fingerprint density at radius 2 is 1.82 bits per heavy atom. The van der Waals surface area contributed by atoms with E-state index in [9.17, 15) is 9.59 Å². The van der Waals surface area contributed by atoms with Crippen LogP contribution in [-0.2, 0) is 4.79 Å². The Labute approximate surface area is 205 Å². The Bertz CT molecular complexity index is 1200. The van der Waals surface area contributed by atoms with Gasteiger partial charge in [0, 0.05) is 34.6 Å². The smallest absolute Gasteiger partial charge is 0.318 e. The van der Waals surface area contributed by atoms with Crippen molar-refractivity contribution < 1.29 is 9.59 Å². The number of amides is 3. The molecule has 1 saturated carbocycles. The standard InChI is InChI=1S/C26H30ClN5O2/c1-16(2)28-26(34)32(21-11-12-21)15-24(33)30-25-29-23(19-6-8-20(27)9-7-19)14-31(25)22-10-5-17(3)18(4)13-22/h5-10,13-14,16,21H,11-12,15H2,1-4H3,(H,28,34)(H,29,30,33). The molecule has 0 atom stereocenters. The SMILES string of the molecule is Cc1ccc(-n2cc(-c3ccc(Cl)cc3)nc2NC(=O)CN(C(=O)NC(C)C)C2CC2)cc1C. The number of anilines is 1. The molecule has 4 rings (SSSR count). The van der Waals surface area contributed by atoms with Gasteiger partial charge in [0.25, 0.3) is 0 Å². The van der Waals surface area contributed by atoms with Crippen LogP contribution in [-0.4, -0.2) is 45.0 Å². The summed E-state index contributed by atoms with van der Waals surface area (Å²) in [4.78, 5) is 32.0. The normalized spacial score (nSPS) is 13.1. The van der Waals surface area contributed by atoms with Gasteiger partial charge in [-0.15, -0.1) is 0 Å². The zero-order valence-electron chi connectivity index (χ0n) is 19.9. The maximum Gasteiger partial charge on any atom is 0.318 e. The van der Waals surface area contributed by atoms with E-state index in [-0.39, 0.29) is 30.6 Å². The van der Waals surface area contributed by atoms with Crippen molar-refractivity contribution in [3.63, 3.8) is 0 Å². The van der Waals surface area contributed by atoms with Crippen LogP contribution >= 0.6 is 11.6 Å². The van der Waals surface area contributed by atoms with E-state index in [2.05, 4.69) is 30.5 Å². The summed E-state index contributed by atoms with van der Waals surface area (Å²) in [6.07, 6.45) is 3.72. The van der Waals surface area contributed by atoms with Gasteiger partial charge in [0.15, 0.2) is 0 Å². The lowest BCUT2D eigenvalue weighted by Gasteiger charge is -2.23. The van der Waals surface area contributed by atoms with Gasteiger partial charge in [-0.2, -0.15) is 0 Å². The van der Waals surface area contributed by atoms with Gasteiger partial charge in [0.2, 0.25) is 11.9 Å². The third kappa shape index (κ3) is 5.59. The van der Waals surface area contributed by atoms with Crippen molar-refractivity contribution in [2.75, 3.05) is 11.9 Å². The molecule has 7 nitrogen and oxygen atoms in total. The molecule has 0 bridgehead atoms. The molecule has 1 aromatic heterocycles.